The van der Waals surface area contributed by atoms with Crippen molar-refractivity contribution in [3.05, 3.63) is 69.5 Å². The molecule has 1 fully saturated rings. The molecule has 0 aliphatic carbocycles. The number of rotatable bonds is 7. The summed E-state index contributed by atoms with van der Waals surface area (Å²) in [5.41, 5.74) is 2.99. The summed E-state index contributed by atoms with van der Waals surface area (Å²) < 4.78 is 39.2. The van der Waals surface area contributed by atoms with Crippen molar-refractivity contribution >= 4 is 20.9 Å². The number of H-pyrrole nitrogens is 1. The summed E-state index contributed by atoms with van der Waals surface area (Å²) in [4.78, 5) is 16.0. The van der Waals surface area contributed by atoms with E-state index in [1.807, 2.05) is 26.0 Å². The number of ether oxygens (including phenoxy) is 2. The van der Waals surface area contributed by atoms with Gasteiger partial charge in [-0.1, -0.05) is 12.1 Å². The second kappa shape index (κ2) is 9.05. The highest BCUT2D eigenvalue weighted by Crippen LogP contribution is 2.25. The lowest BCUT2D eigenvalue weighted by Gasteiger charge is -2.25. The molecule has 0 bridgehead atoms. The predicted molar refractivity (Wildman–Crippen MR) is 124 cm³/mol. The van der Waals surface area contributed by atoms with Crippen LogP contribution in [0.15, 0.2) is 52.2 Å². The Morgan fingerprint density at radius 1 is 1.16 bits per heavy atom. The maximum atomic E-state index is 13.5. The Kier molecular flexibility index (Phi) is 6.37. The molecule has 8 heteroatoms. The van der Waals surface area contributed by atoms with Crippen molar-refractivity contribution < 1.29 is 17.9 Å². The van der Waals surface area contributed by atoms with Crippen LogP contribution in [0.2, 0.25) is 0 Å². The zero-order valence-corrected chi connectivity index (χ0v) is 19.4. The zero-order chi connectivity index (χ0) is 22.9. The highest BCUT2D eigenvalue weighted by molar-refractivity contribution is 7.89. The van der Waals surface area contributed by atoms with E-state index in [2.05, 4.69) is 4.98 Å². The third kappa shape index (κ3) is 4.44. The number of nitrogens with one attached hydrogen (secondary N) is 1. The monoisotopic (exact) mass is 456 g/mol. The summed E-state index contributed by atoms with van der Waals surface area (Å²) in [5, 5.41) is 0.876. The standard InChI is InChI=1S/C24H28N2O5S/c1-16-6-7-18-13-19(24(27)25-23(18)17(16)2)14-26(15-21-5-4-12-31-21)32(28,29)22-10-8-20(30-3)9-11-22/h6-11,13,21H,4-5,12,14-15H2,1-3H3,(H,25,27)/t21-/m0/s1. The molecule has 1 saturated heterocycles. The van der Waals surface area contributed by atoms with E-state index in [0.29, 0.717) is 17.9 Å². The summed E-state index contributed by atoms with van der Waals surface area (Å²) in [6.45, 7) is 4.73. The largest absolute Gasteiger partial charge is 0.497 e. The number of benzene rings is 2. The lowest BCUT2D eigenvalue weighted by atomic mass is 10.0. The van der Waals surface area contributed by atoms with Crippen molar-refractivity contribution in [1.82, 2.24) is 9.29 Å². The number of fused-ring (bicyclic) bond motifs is 1. The minimum atomic E-state index is -3.85. The lowest BCUT2D eigenvalue weighted by molar-refractivity contribution is 0.0925. The Balaban J connectivity index is 1.72. The highest BCUT2D eigenvalue weighted by atomic mass is 32.2. The van der Waals surface area contributed by atoms with Gasteiger partial charge in [-0.25, -0.2) is 8.42 Å². The lowest BCUT2D eigenvalue weighted by Crippen LogP contribution is -2.38. The van der Waals surface area contributed by atoms with Crippen LogP contribution >= 0.6 is 0 Å². The quantitative estimate of drug-likeness (QED) is 0.588. The Morgan fingerprint density at radius 2 is 1.91 bits per heavy atom. The second-order valence-corrected chi connectivity index (χ2v) is 10.1. The first-order valence-electron chi connectivity index (χ1n) is 10.7. The van der Waals surface area contributed by atoms with Crippen LogP contribution < -0.4 is 10.3 Å². The van der Waals surface area contributed by atoms with Gasteiger partial charge in [-0.2, -0.15) is 4.31 Å². The minimum Gasteiger partial charge on any atom is -0.497 e. The third-order valence-corrected chi connectivity index (χ3v) is 7.93. The minimum absolute atomic E-state index is 0.0353. The van der Waals surface area contributed by atoms with E-state index < -0.39 is 10.0 Å². The van der Waals surface area contributed by atoms with Crippen molar-refractivity contribution in [2.75, 3.05) is 20.3 Å². The summed E-state index contributed by atoms with van der Waals surface area (Å²) in [5.74, 6) is 0.575. The van der Waals surface area contributed by atoms with Gasteiger partial charge in [0.05, 0.1) is 23.6 Å². The molecule has 32 heavy (non-hydrogen) atoms. The third-order valence-electron chi connectivity index (χ3n) is 6.10. The molecule has 1 aliphatic heterocycles. The van der Waals surface area contributed by atoms with E-state index >= 15 is 0 Å². The molecule has 0 saturated carbocycles. The molecule has 7 nitrogen and oxygen atoms in total. The van der Waals surface area contributed by atoms with Crippen LogP contribution in [0.25, 0.3) is 10.9 Å². The maximum absolute atomic E-state index is 13.5. The highest BCUT2D eigenvalue weighted by Gasteiger charge is 2.30. The molecule has 3 aromatic rings. The number of hydrogen-bond acceptors (Lipinski definition) is 5. The average Bonchev–Trinajstić information content (AvgIpc) is 3.30. The molecule has 2 heterocycles. The summed E-state index contributed by atoms with van der Waals surface area (Å²) >= 11 is 0. The van der Waals surface area contributed by atoms with E-state index in [1.165, 1.54) is 23.5 Å². The van der Waals surface area contributed by atoms with Gasteiger partial charge in [-0.3, -0.25) is 4.79 Å². The number of aromatic nitrogens is 1. The first-order chi connectivity index (χ1) is 15.3. The van der Waals surface area contributed by atoms with Gasteiger partial charge < -0.3 is 14.5 Å². The number of aryl methyl sites for hydroxylation is 2. The number of hydrogen-bond donors (Lipinski definition) is 1. The molecule has 1 N–H and O–H groups in total. The molecular formula is C24H28N2O5S. The van der Waals surface area contributed by atoms with Crippen LogP contribution in [0.5, 0.6) is 5.75 Å². The fraction of sp³-hybridized carbons (Fsp3) is 0.375. The van der Waals surface area contributed by atoms with Crippen LogP contribution in [0.3, 0.4) is 0 Å². The molecule has 0 amide bonds. The van der Waals surface area contributed by atoms with Crippen molar-refractivity contribution in [2.45, 2.75) is 44.2 Å². The van der Waals surface area contributed by atoms with E-state index in [0.717, 1.165) is 34.9 Å². The van der Waals surface area contributed by atoms with Gasteiger partial charge >= 0.3 is 0 Å². The summed E-state index contributed by atoms with van der Waals surface area (Å²) in [6.07, 6.45) is 1.50. The molecule has 0 unspecified atom stereocenters. The van der Waals surface area contributed by atoms with Crippen molar-refractivity contribution in [3.63, 3.8) is 0 Å². The van der Waals surface area contributed by atoms with Crippen LogP contribution in [0, 0.1) is 13.8 Å². The SMILES string of the molecule is COc1ccc(S(=O)(=O)N(Cc2cc3ccc(C)c(C)c3[nH]c2=O)C[C@@H]2CCCO2)cc1. The van der Waals surface area contributed by atoms with Crippen LogP contribution in [0.4, 0.5) is 0 Å². The van der Waals surface area contributed by atoms with Gasteiger partial charge in [-0.15, -0.1) is 0 Å². The molecule has 1 aliphatic rings. The Morgan fingerprint density at radius 3 is 2.56 bits per heavy atom. The van der Waals surface area contributed by atoms with Gasteiger partial charge in [0, 0.05) is 25.3 Å². The Bertz CT molecular complexity index is 1280. The van der Waals surface area contributed by atoms with E-state index in [-0.39, 0.29) is 29.6 Å². The van der Waals surface area contributed by atoms with Gasteiger partial charge in [-0.05, 0) is 73.5 Å². The van der Waals surface area contributed by atoms with Gasteiger partial charge in [0.15, 0.2) is 0 Å². The predicted octanol–water partition coefficient (Wildman–Crippen LogP) is 3.52. The average molecular weight is 457 g/mol. The van der Waals surface area contributed by atoms with E-state index in [1.54, 1.807) is 18.2 Å². The number of methoxy groups -OCH3 is 1. The molecule has 0 spiro atoms. The molecule has 0 radical (unpaired) electrons. The topological polar surface area (TPSA) is 88.7 Å². The Hall–Kier alpha value is -2.68. The first kappa shape index (κ1) is 22.5. The van der Waals surface area contributed by atoms with Gasteiger partial charge in [0.25, 0.3) is 5.56 Å². The van der Waals surface area contributed by atoms with Crippen LogP contribution in [-0.4, -0.2) is 44.1 Å². The molecule has 1 atom stereocenters. The van der Waals surface area contributed by atoms with Gasteiger partial charge in [0.2, 0.25) is 10.0 Å². The fourth-order valence-electron chi connectivity index (χ4n) is 4.04. The number of nitrogens with zero attached hydrogens (tertiary/aromatic N) is 1. The number of sulfonamides is 1. The second-order valence-electron chi connectivity index (χ2n) is 8.20. The first-order valence-corrected chi connectivity index (χ1v) is 12.1. The smallest absolute Gasteiger partial charge is 0.252 e. The van der Waals surface area contributed by atoms with Crippen LogP contribution in [0.1, 0.15) is 29.5 Å². The van der Waals surface area contributed by atoms with E-state index in [4.69, 9.17) is 9.47 Å². The molecule has 4 rings (SSSR count). The molecule has 2 aromatic carbocycles. The van der Waals surface area contributed by atoms with E-state index in [9.17, 15) is 13.2 Å². The van der Waals surface area contributed by atoms with Crippen molar-refractivity contribution in [1.29, 1.82) is 0 Å². The molecule has 170 valence electrons. The zero-order valence-electron chi connectivity index (χ0n) is 18.6. The normalized spacial score (nSPS) is 16.7. The summed E-state index contributed by atoms with van der Waals surface area (Å²) in [7, 11) is -2.32. The number of aromatic amines is 1. The van der Waals surface area contributed by atoms with Crippen molar-refractivity contribution in [3.8, 4) is 5.75 Å². The van der Waals surface area contributed by atoms with Gasteiger partial charge in [0.1, 0.15) is 5.75 Å². The Labute approximate surface area is 188 Å². The molecule has 1 aromatic heterocycles. The summed E-state index contributed by atoms with van der Waals surface area (Å²) in [6, 6.07) is 12.0. The van der Waals surface area contributed by atoms with Crippen molar-refractivity contribution in [2.24, 2.45) is 0 Å². The van der Waals surface area contributed by atoms with Crippen LogP contribution in [-0.2, 0) is 21.3 Å². The fourth-order valence-corrected chi connectivity index (χ4v) is 5.49. The number of pyridine rings is 1. The maximum Gasteiger partial charge on any atom is 0.252 e. The molecular weight excluding hydrogens is 428 g/mol.